The fourth-order valence-corrected chi connectivity index (χ4v) is 4.81. The Hall–Kier alpha value is -1.89. The molecule has 0 saturated carbocycles. The number of benzene rings is 1. The van der Waals surface area contributed by atoms with Gasteiger partial charge in [-0.25, -0.2) is 9.97 Å². The van der Waals surface area contributed by atoms with Crippen molar-refractivity contribution in [1.82, 2.24) is 15.3 Å². The standard InChI is InChI=1S/C20H24N4OS.ClH/c1-14-17(8-7-15-12-26-19-6-4-3-5-16(15)19)22-9-10-24(14)20-18(25-2)11-21-13-23-20;/h3-6,11-14,17,22H,7-10H2,1-2H3;1H. The summed E-state index contributed by atoms with van der Waals surface area (Å²) in [7, 11) is 1.67. The monoisotopic (exact) mass is 404 g/mol. The lowest BCUT2D eigenvalue weighted by atomic mass is 9.97. The summed E-state index contributed by atoms with van der Waals surface area (Å²) in [5.74, 6) is 1.63. The van der Waals surface area contributed by atoms with Crippen LogP contribution in [0.5, 0.6) is 5.75 Å². The molecule has 0 bridgehead atoms. The van der Waals surface area contributed by atoms with Gasteiger partial charge in [0.2, 0.25) is 0 Å². The molecule has 1 aliphatic heterocycles. The zero-order valence-electron chi connectivity index (χ0n) is 15.6. The first kappa shape index (κ1) is 19.9. The molecule has 5 nitrogen and oxygen atoms in total. The van der Waals surface area contributed by atoms with E-state index < -0.39 is 0 Å². The van der Waals surface area contributed by atoms with Crippen molar-refractivity contribution in [2.45, 2.75) is 31.8 Å². The Morgan fingerprint density at radius 1 is 1.33 bits per heavy atom. The molecule has 144 valence electrons. The van der Waals surface area contributed by atoms with Gasteiger partial charge in [-0.1, -0.05) is 18.2 Å². The van der Waals surface area contributed by atoms with Crippen LogP contribution in [-0.4, -0.2) is 42.3 Å². The average molecular weight is 405 g/mol. The van der Waals surface area contributed by atoms with Gasteiger partial charge in [-0.15, -0.1) is 23.7 Å². The highest BCUT2D eigenvalue weighted by Crippen LogP contribution is 2.30. The lowest BCUT2D eigenvalue weighted by molar-refractivity contribution is 0.354. The van der Waals surface area contributed by atoms with Crippen LogP contribution in [0.15, 0.2) is 42.2 Å². The van der Waals surface area contributed by atoms with E-state index in [2.05, 4.69) is 56.8 Å². The van der Waals surface area contributed by atoms with Crippen molar-refractivity contribution >= 4 is 39.6 Å². The van der Waals surface area contributed by atoms with Gasteiger partial charge < -0.3 is 15.0 Å². The predicted octanol–water partition coefficient (Wildman–Crippen LogP) is 3.92. The Balaban J connectivity index is 0.00000210. The highest BCUT2D eigenvalue weighted by molar-refractivity contribution is 7.17. The lowest BCUT2D eigenvalue weighted by Gasteiger charge is -2.41. The van der Waals surface area contributed by atoms with Crippen LogP contribution in [0.2, 0.25) is 0 Å². The number of aryl methyl sites for hydroxylation is 1. The minimum absolute atomic E-state index is 0. The third kappa shape index (κ3) is 4.03. The van der Waals surface area contributed by atoms with Gasteiger partial charge in [-0.05, 0) is 42.2 Å². The van der Waals surface area contributed by atoms with Crippen LogP contribution in [0.4, 0.5) is 5.82 Å². The summed E-state index contributed by atoms with van der Waals surface area (Å²) >= 11 is 1.84. The first-order chi connectivity index (χ1) is 12.8. The molecule has 4 rings (SSSR count). The number of hydrogen-bond donors (Lipinski definition) is 1. The number of halogens is 1. The fraction of sp³-hybridized carbons (Fsp3) is 0.400. The topological polar surface area (TPSA) is 50.3 Å². The molecule has 2 unspecified atom stereocenters. The Labute approximate surface area is 170 Å². The number of piperazine rings is 1. The van der Waals surface area contributed by atoms with E-state index in [4.69, 9.17) is 4.74 Å². The quantitative estimate of drug-likeness (QED) is 0.698. The van der Waals surface area contributed by atoms with Crippen molar-refractivity contribution in [1.29, 1.82) is 0 Å². The predicted molar refractivity (Wildman–Crippen MR) is 115 cm³/mol. The van der Waals surface area contributed by atoms with Crippen LogP contribution >= 0.6 is 23.7 Å². The minimum atomic E-state index is 0. The van der Waals surface area contributed by atoms with Crippen LogP contribution in [0.3, 0.4) is 0 Å². The van der Waals surface area contributed by atoms with Crippen molar-refractivity contribution in [3.8, 4) is 5.75 Å². The summed E-state index contributed by atoms with van der Waals surface area (Å²) < 4.78 is 6.84. The van der Waals surface area contributed by atoms with E-state index in [0.717, 1.165) is 37.5 Å². The molecule has 1 N–H and O–H groups in total. The van der Waals surface area contributed by atoms with Gasteiger partial charge in [0.15, 0.2) is 11.6 Å². The number of methoxy groups -OCH3 is 1. The molecule has 1 fully saturated rings. The summed E-state index contributed by atoms with van der Waals surface area (Å²) in [6.07, 6.45) is 5.52. The van der Waals surface area contributed by atoms with Crippen molar-refractivity contribution in [3.63, 3.8) is 0 Å². The van der Waals surface area contributed by atoms with Crippen LogP contribution < -0.4 is 15.0 Å². The maximum Gasteiger partial charge on any atom is 0.179 e. The molecule has 1 aliphatic rings. The second-order valence-corrected chi connectivity index (χ2v) is 7.62. The van der Waals surface area contributed by atoms with Crippen LogP contribution in [-0.2, 0) is 6.42 Å². The van der Waals surface area contributed by atoms with E-state index in [-0.39, 0.29) is 12.4 Å². The number of fused-ring (bicyclic) bond motifs is 1. The fourth-order valence-electron chi connectivity index (χ4n) is 3.81. The maximum atomic E-state index is 5.46. The molecule has 7 heteroatoms. The second-order valence-electron chi connectivity index (χ2n) is 6.71. The van der Waals surface area contributed by atoms with E-state index in [1.54, 1.807) is 19.6 Å². The molecule has 0 amide bonds. The van der Waals surface area contributed by atoms with Gasteiger partial charge in [0, 0.05) is 29.9 Å². The SMILES string of the molecule is COc1cncnc1N1CCNC(CCc2csc3ccccc23)C1C.Cl. The summed E-state index contributed by atoms with van der Waals surface area (Å²) in [5, 5.41) is 7.40. The third-order valence-electron chi connectivity index (χ3n) is 5.27. The molecule has 0 radical (unpaired) electrons. The number of hydrogen-bond acceptors (Lipinski definition) is 6. The number of nitrogens with zero attached hydrogens (tertiary/aromatic N) is 3. The Bertz CT molecular complexity index is 887. The normalized spacial score (nSPS) is 19.7. The van der Waals surface area contributed by atoms with Crippen LogP contribution in [0, 0.1) is 0 Å². The Morgan fingerprint density at radius 2 is 2.19 bits per heavy atom. The van der Waals surface area contributed by atoms with Crippen LogP contribution in [0.1, 0.15) is 18.9 Å². The van der Waals surface area contributed by atoms with Crippen molar-refractivity contribution in [3.05, 3.63) is 47.7 Å². The number of nitrogens with one attached hydrogen (secondary N) is 1. The van der Waals surface area contributed by atoms with Gasteiger partial charge in [0.25, 0.3) is 0 Å². The van der Waals surface area contributed by atoms with Gasteiger partial charge in [0.1, 0.15) is 6.33 Å². The molecule has 2 atom stereocenters. The summed E-state index contributed by atoms with van der Waals surface area (Å²) in [4.78, 5) is 10.9. The highest BCUT2D eigenvalue weighted by Gasteiger charge is 2.30. The molecule has 0 aliphatic carbocycles. The molecular formula is C20H25ClN4OS. The highest BCUT2D eigenvalue weighted by atomic mass is 35.5. The van der Waals surface area contributed by atoms with Gasteiger partial charge in [-0.2, -0.15) is 0 Å². The number of anilines is 1. The summed E-state index contributed by atoms with van der Waals surface area (Å²) in [6, 6.07) is 9.44. The molecule has 3 heterocycles. The zero-order valence-corrected chi connectivity index (χ0v) is 17.2. The maximum absolute atomic E-state index is 5.46. The van der Waals surface area contributed by atoms with E-state index >= 15 is 0 Å². The zero-order chi connectivity index (χ0) is 17.9. The van der Waals surface area contributed by atoms with E-state index in [1.807, 2.05) is 11.3 Å². The van der Waals surface area contributed by atoms with Crippen molar-refractivity contribution in [2.24, 2.45) is 0 Å². The minimum Gasteiger partial charge on any atom is -0.491 e. The summed E-state index contributed by atoms with van der Waals surface area (Å²) in [6.45, 7) is 4.14. The van der Waals surface area contributed by atoms with Gasteiger partial charge >= 0.3 is 0 Å². The van der Waals surface area contributed by atoms with Crippen molar-refractivity contribution < 1.29 is 4.74 Å². The van der Waals surface area contributed by atoms with Gasteiger partial charge in [0.05, 0.1) is 13.3 Å². The van der Waals surface area contributed by atoms with Gasteiger partial charge in [-0.3, -0.25) is 0 Å². The largest absolute Gasteiger partial charge is 0.491 e. The average Bonchev–Trinajstić information content (AvgIpc) is 3.10. The summed E-state index contributed by atoms with van der Waals surface area (Å²) in [5.41, 5.74) is 1.45. The molecule has 2 aromatic heterocycles. The molecule has 27 heavy (non-hydrogen) atoms. The lowest BCUT2D eigenvalue weighted by Crippen LogP contribution is -2.57. The molecular weight excluding hydrogens is 380 g/mol. The Kier molecular flexibility index (Phi) is 6.52. The van der Waals surface area contributed by atoms with Crippen molar-refractivity contribution in [2.75, 3.05) is 25.1 Å². The number of ether oxygens (including phenoxy) is 1. The van der Waals surface area contributed by atoms with E-state index in [9.17, 15) is 0 Å². The molecule has 3 aromatic rings. The first-order valence-corrected chi connectivity index (χ1v) is 9.95. The smallest absolute Gasteiger partial charge is 0.179 e. The Morgan fingerprint density at radius 3 is 3.04 bits per heavy atom. The molecule has 1 saturated heterocycles. The van der Waals surface area contributed by atoms with E-state index in [1.165, 1.54) is 15.6 Å². The first-order valence-electron chi connectivity index (χ1n) is 9.07. The molecule has 0 spiro atoms. The number of rotatable bonds is 5. The second kappa shape index (κ2) is 8.87. The number of aromatic nitrogens is 2. The molecule has 1 aromatic carbocycles. The number of thiophene rings is 1. The third-order valence-corrected chi connectivity index (χ3v) is 6.28. The van der Waals surface area contributed by atoms with Crippen LogP contribution in [0.25, 0.3) is 10.1 Å². The van der Waals surface area contributed by atoms with E-state index in [0.29, 0.717) is 12.1 Å².